The van der Waals surface area contributed by atoms with Crippen molar-refractivity contribution in [2.24, 2.45) is 11.7 Å². The third-order valence-corrected chi connectivity index (χ3v) is 3.30. The van der Waals surface area contributed by atoms with Gasteiger partial charge < -0.3 is 31.5 Å². The number of urea groups is 1. The van der Waals surface area contributed by atoms with Crippen molar-refractivity contribution in [2.45, 2.75) is 71.6 Å². The molecule has 0 aliphatic rings. The second kappa shape index (κ2) is 11.2. The zero-order valence-electron chi connectivity index (χ0n) is 16.6. The Balaban J connectivity index is 4.88. The van der Waals surface area contributed by atoms with Gasteiger partial charge in [-0.1, -0.05) is 13.8 Å². The molecule has 6 N–H and O–H groups in total. The third-order valence-electron chi connectivity index (χ3n) is 3.30. The molecule has 0 aromatic heterocycles. The molecule has 10 heteroatoms. The van der Waals surface area contributed by atoms with Crippen molar-refractivity contribution >= 4 is 24.0 Å². The first kappa shape index (κ1) is 24.5. The second-order valence-corrected chi connectivity index (χ2v) is 7.66. The lowest BCUT2D eigenvalue weighted by Gasteiger charge is -2.25. The summed E-state index contributed by atoms with van der Waals surface area (Å²) in [4.78, 5) is 46.5. The number of carbonyl (C=O) groups is 4. The minimum absolute atomic E-state index is 0.0822. The topological polar surface area (TPSA) is 160 Å². The number of alkyl carbamates (subject to hydrolysis) is 1. The molecule has 0 aromatic carbocycles. The van der Waals surface area contributed by atoms with Crippen molar-refractivity contribution in [2.75, 3.05) is 6.54 Å². The van der Waals surface area contributed by atoms with Crippen LogP contribution in [0.1, 0.15) is 53.9 Å². The summed E-state index contributed by atoms with van der Waals surface area (Å²) in [6.45, 7) is 9.04. The van der Waals surface area contributed by atoms with Crippen LogP contribution in [0.5, 0.6) is 0 Å². The van der Waals surface area contributed by atoms with Crippen molar-refractivity contribution < 1.29 is 29.0 Å². The van der Waals surface area contributed by atoms with Gasteiger partial charge in [0.25, 0.3) is 0 Å². The number of rotatable bonds is 10. The van der Waals surface area contributed by atoms with Crippen molar-refractivity contribution in [3.8, 4) is 0 Å². The first-order chi connectivity index (χ1) is 12.3. The number of nitrogens with one attached hydrogen (secondary N) is 3. The van der Waals surface area contributed by atoms with Crippen LogP contribution in [0, 0.1) is 5.92 Å². The van der Waals surface area contributed by atoms with Crippen LogP contribution in [0.4, 0.5) is 9.59 Å². The van der Waals surface area contributed by atoms with E-state index in [-0.39, 0.29) is 18.9 Å². The minimum Gasteiger partial charge on any atom is -0.480 e. The average molecular weight is 388 g/mol. The summed E-state index contributed by atoms with van der Waals surface area (Å²) in [5, 5.41) is 16.6. The van der Waals surface area contributed by atoms with Gasteiger partial charge >= 0.3 is 18.1 Å². The fraction of sp³-hybridized carbons (Fsp3) is 0.765. The van der Waals surface area contributed by atoms with E-state index in [1.165, 1.54) is 0 Å². The third kappa shape index (κ3) is 12.5. The summed E-state index contributed by atoms with van der Waals surface area (Å²) < 4.78 is 5.16. The number of amides is 4. The van der Waals surface area contributed by atoms with Crippen molar-refractivity contribution in [3.63, 3.8) is 0 Å². The molecule has 0 aliphatic heterocycles. The van der Waals surface area contributed by atoms with Gasteiger partial charge in [0.1, 0.15) is 17.7 Å². The van der Waals surface area contributed by atoms with E-state index >= 15 is 0 Å². The second-order valence-electron chi connectivity index (χ2n) is 7.66. The van der Waals surface area contributed by atoms with Crippen molar-refractivity contribution in [3.05, 3.63) is 0 Å². The lowest BCUT2D eigenvalue weighted by atomic mass is 10.0. The van der Waals surface area contributed by atoms with E-state index in [2.05, 4.69) is 16.0 Å². The van der Waals surface area contributed by atoms with E-state index in [4.69, 9.17) is 10.5 Å². The number of nitrogens with two attached hydrogens (primary N) is 1. The van der Waals surface area contributed by atoms with Gasteiger partial charge in [0.15, 0.2) is 0 Å². The van der Waals surface area contributed by atoms with Crippen LogP contribution in [0.25, 0.3) is 0 Å². The summed E-state index contributed by atoms with van der Waals surface area (Å²) in [7, 11) is 0. The van der Waals surface area contributed by atoms with Crippen LogP contribution >= 0.6 is 0 Å². The number of aliphatic carboxylic acids is 1. The lowest BCUT2D eigenvalue weighted by molar-refractivity contribution is -0.142. The summed E-state index contributed by atoms with van der Waals surface area (Å²) >= 11 is 0. The number of hydrogen-bond acceptors (Lipinski definition) is 5. The highest BCUT2D eigenvalue weighted by molar-refractivity contribution is 5.89. The normalized spacial score (nSPS) is 13.4. The summed E-state index contributed by atoms with van der Waals surface area (Å²) in [5.41, 5.74) is 4.22. The summed E-state index contributed by atoms with van der Waals surface area (Å²) in [6.07, 6.45) is -0.0157. The van der Waals surface area contributed by atoms with E-state index in [9.17, 15) is 24.3 Å². The Morgan fingerprint density at radius 2 is 1.67 bits per heavy atom. The zero-order chi connectivity index (χ0) is 21.2. The smallest absolute Gasteiger partial charge is 0.408 e. The fourth-order valence-corrected chi connectivity index (χ4v) is 2.20. The van der Waals surface area contributed by atoms with Gasteiger partial charge in [-0.15, -0.1) is 0 Å². The largest absolute Gasteiger partial charge is 0.480 e. The van der Waals surface area contributed by atoms with Gasteiger partial charge in [-0.2, -0.15) is 0 Å². The molecular weight excluding hydrogens is 356 g/mol. The highest BCUT2D eigenvalue weighted by Crippen LogP contribution is 2.10. The molecule has 0 heterocycles. The SMILES string of the molecule is CC(C)C[C@H](NC(=O)OC(C)(C)C)C(=O)N[C@@H](CCCNC(N)=O)C(=O)O. The van der Waals surface area contributed by atoms with E-state index in [0.717, 1.165) is 0 Å². The molecule has 0 rings (SSSR count). The highest BCUT2D eigenvalue weighted by atomic mass is 16.6. The molecule has 0 saturated heterocycles. The standard InChI is InChI=1S/C17H32N4O6/c1-10(2)9-12(21-16(26)27-17(3,4)5)13(22)20-11(14(23)24)7-6-8-19-15(18)25/h10-12H,6-9H2,1-5H3,(H,20,22)(H,21,26)(H,23,24)(H3,18,19,25)/t11-,12-/m0/s1. The first-order valence-electron chi connectivity index (χ1n) is 8.87. The van der Waals surface area contributed by atoms with Crippen molar-refractivity contribution in [1.82, 2.24) is 16.0 Å². The number of hydrogen-bond donors (Lipinski definition) is 5. The Labute approximate surface area is 159 Å². The van der Waals surface area contributed by atoms with Gasteiger partial charge in [-0.25, -0.2) is 14.4 Å². The Bertz CT molecular complexity index is 530. The van der Waals surface area contributed by atoms with Crippen LogP contribution in [0.2, 0.25) is 0 Å². The quantitative estimate of drug-likeness (QED) is 0.350. The van der Waals surface area contributed by atoms with Crippen LogP contribution in [-0.4, -0.2) is 53.3 Å². The van der Waals surface area contributed by atoms with E-state index in [1.807, 2.05) is 13.8 Å². The minimum atomic E-state index is -1.21. The van der Waals surface area contributed by atoms with Gasteiger partial charge in [0.2, 0.25) is 5.91 Å². The average Bonchev–Trinajstić information content (AvgIpc) is 2.46. The van der Waals surface area contributed by atoms with E-state index < -0.39 is 41.7 Å². The maximum atomic E-state index is 12.5. The molecule has 0 saturated carbocycles. The molecule has 27 heavy (non-hydrogen) atoms. The summed E-state index contributed by atoms with van der Waals surface area (Å²) in [6, 6.07) is -2.78. The molecule has 0 aromatic rings. The molecule has 0 bridgehead atoms. The molecule has 0 spiro atoms. The Kier molecular flexibility index (Phi) is 10.2. The number of ether oxygens (including phenoxy) is 1. The molecule has 0 fully saturated rings. The predicted octanol–water partition coefficient (Wildman–Crippen LogP) is 0.944. The van der Waals surface area contributed by atoms with E-state index in [0.29, 0.717) is 12.8 Å². The molecule has 0 radical (unpaired) electrons. The summed E-state index contributed by atoms with van der Waals surface area (Å²) in [5.74, 6) is -1.73. The monoisotopic (exact) mass is 388 g/mol. The molecule has 0 aliphatic carbocycles. The molecule has 4 amide bonds. The maximum Gasteiger partial charge on any atom is 0.408 e. The lowest BCUT2D eigenvalue weighted by Crippen LogP contribution is -2.52. The molecule has 2 atom stereocenters. The Morgan fingerprint density at radius 3 is 2.11 bits per heavy atom. The van der Waals surface area contributed by atoms with Crippen LogP contribution in [0.15, 0.2) is 0 Å². The fourth-order valence-electron chi connectivity index (χ4n) is 2.20. The Hall–Kier alpha value is -2.52. The van der Waals surface area contributed by atoms with Crippen LogP contribution in [-0.2, 0) is 14.3 Å². The number of primary amides is 1. The van der Waals surface area contributed by atoms with Gasteiger partial charge in [0.05, 0.1) is 0 Å². The van der Waals surface area contributed by atoms with E-state index in [1.54, 1.807) is 20.8 Å². The Morgan fingerprint density at radius 1 is 1.07 bits per heavy atom. The van der Waals surface area contributed by atoms with Gasteiger partial charge in [-0.05, 0) is 46.0 Å². The molecule has 0 unspecified atom stereocenters. The van der Waals surface area contributed by atoms with Crippen molar-refractivity contribution in [1.29, 1.82) is 0 Å². The maximum absolute atomic E-state index is 12.5. The predicted molar refractivity (Wildman–Crippen MR) is 99.0 cm³/mol. The number of carboxylic acid groups (broad SMARTS) is 1. The molecule has 156 valence electrons. The molecular formula is C17H32N4O6. The zero-order valence-corrected chi connectivity index (χ0v) is 16.6. The number of carboxylic acids is 1. The van der Waals surface area contributed by atoms with Gasteiger partial charge in [0, 0.05) is 6.54 Å². The van der Waals surface area contributed by atoms with Crippen LogP contribution in [0.3, 0.4) is 0 Å². The number of carbonyl (C=O) groups excluding carboxylic acids is 3. The molecule has 10 nitrogen and oxygen atoms in total. The van der Waals surface area contributed by atoms with Crippen LogP contribution < -0.4 is 21.7 Å². The van der Waals surface area contributed by atoms with Gasteiger partial charge in [-0.3, -0.25) is 4.79 Å². The highest BCUT2D eigenvalue weighted by Gasteiger charge is 2.28. The first-order valence-corrected chi connectivity index (χ1v) is 8.87.